The average molecular weight is 1380 g/mol. The Morgan fingerprint density at radius 1 is 0.378 bits per heavy atom. The highest BCUT2D eigenvalue weighted by atomic mass is 16.7. The fourth-order valence-corrected chi connectivity index (χ4v) is 12.6. The molecule has 1 amide bonds. The third-order valence-electron chi connectivity index (χ3n) is 18.9. The van der Waals surface area contributed by atoms with Gasteiger partial charge in [-0.15, -0.1) is 0 Å². The summed E-state index contributed by atoms with van der Waals surface area (Å²) in [6, 6.07) is -0.939. The van der Waals surface area contributed by atoms with Gasteiger partial charge < -0.3 is 65.1 Å². The molecule has 0 aromatic heterocycles. The van der Waals surface area contributed by atoms with E-state index in [0.717, 1.165) is 77.0 Å². The third kappa shape index (κ3) is 49.3. The van der Waals surface area contributed by atoms with Crippen molar-refractivity contribution in [2.45, 2.75) is 396 Å². The van der Waals surface area contributed by atoms with E-state index in [1.54, 1.807) is 6.08 Å². The molecule has 12 unspecified atom stereocenters. The molecule has 2 heterocycles. The van der Waals surface area contributed by atoms with Gasteiger partial charge in [0, 0.05) is 6.42 Å². The molecule has 0 radical (unpaired) electrons. The molecule has 0 aliphatic carbocycles. The van der Waals surface area contributed by atoms with E-state index in [0.29, 0.717) is 12.8 Å². The summed E-state index contributed by atoms with van der Waals surface area (Å²) in [5, 5.41) is 87.7. The summed E-state index contributed by atoms with van der Waals surface area (Å²) in [7, 11) is 0. The minimum Gasteiger partial charge on any atom is -0.394 e. The van der Waals surface area contributed by atoms with Crippen LogP contribution in [0.2, 0.25) is 0 Å². The van der Waals surface area contributed by atoms with Crippen molar-refractivity contribution in [1.82, 2.24) is 5.32 Å². The minimum atomic E-state index is -1.80. The van der Waals surface area contributed by atoms with Gasteiger partial charge in [0.05, 0.1) is 32.0 Å². The van der Waals surface area contributed by atoms with Crippen molar-refractivity contribution in [1.29, 1.82) is 0 Å². The quantitative estimate of drug-likeness (QED) is 0.0204. The van der Waals surface area contributed by atoms with Gasteiger partial charge in [-0.25, -0.2) is 0 Å². The van der Waals surface area contributed by atoms with Crippen LogP contribution in [0.15, 0.2) is 109 Å². The molecule has 566 valence electrons. The van der Waals surface area contributed by atoms with Crippen molar-refractivity contribution in [2.75, 3.05) is 19.8 Å². The first-order chi connectivity index (χ1) is 48.1. The zero-order valence-electron chi connectivity index (χ0n) is 62.0. The lowest BCUT2D eigenvalue weighted by Gasteiger charge is -2.46. The molecule has 0 saturated carbocycles. The molecule has 14 nitrogen and oxygen atoms in total. The fourth-order valence-electron chi connectivity index (χ4n) is 12.6. The molecular formula is C84H147NO13. The molecule has 98 heavy (non-hydrogen) atoms. The minimum absolute atomic E-state index is 0.249. The first-order valence-corrected chi connectivity index (χ1v) is 40.1. The molecule has 2 saturated heterocycles. The predicted octanol–water partition coefficient (Wildman–Crippen LogP) is 18.2. The van der Waals surface area contributed by atoms with E-state index in [-0.39, 0.29) is 18.9 Å². The summed E-state index contributed by atoms with van der Waals surface area (Å²) in [4.78, 5) is 13.4. The smallest absolute Gasteiger partial charge is 0.220 e. The summed E-state index contributed by atoms with van der Waals surface area (Å²) < 4.78 is 22.9. The number of aliphatic hydroxyl groups is 8. The van der Waals surface area contributed by atoms with E-state index < -0.39 is 86.8 Å². The lowest BCUT2D eigenvalue weighted by molar-refractivity contribution is -0.359. The van der Waals surface area contributed by atoms with E-state index in [1.165, 1.54) is 212 Å². The van der Waals surface area contributed by atoms with Crippen LogP contribution in [0.3, 0.4) is 0 Å². The summed E-state index contributed by atoms with van der Waals surface area (Å²) in [5.74, 6) is -0.249. The number of allylic oxidation sites excluding steroid dienone is 17. The topological polar surface area (TPSA) is 228 Å². The lowest BCUT2D eigenvalue weighted by atomic mass is 9.97. The monoisotopic (exact) mass is 1380 g/mol. The zero-order chi connectivity index (χ0) is 70.8. The predicted molar refractivity (Wildman–Crippen MR) is 406 cm³/mol. The molecule has 9 N–H and O–H groups in total. The highest BCUT2D eigenvalue weighted by Crippen LogP contribution is 2.30. The number of ether oxygens (including phenoxy) is 4. The van der Waals surface area contributed by atoms with Crippen LogP contribution in [0.5, 0.6) is 0 Å². The van der Waals surface area contributed by atoms with E-state index >= 15 is 0 Å². The maximum atomic E-state index is 13.4. The summed E-state index contributed by atoms with van der Waals surface area (Å²) in [6.45, 7) is 2.70. The van der Waals surface area contributed by atoms with Crippen LogP contribution in [0.1, 0.15) is 322 Å². The first-order valence-electron chi connectivity index (χ1n) is 40.1. The molecule has 0 bridgehead atoms. The molecule has 2 rings (SSSR count). The van der Waals surface area contributed by atoms with E-state index in [2.05, 4.69) is 116 Å². The van der Waals surface area contributed by atoms with Crippen molar-refractivity contribution in [3.63, 3.8) is 0 Å². The van der Waals surface area contributed by atoms with Crippen LogP contribution < -0.4 is 5.32 Å². The van der Waals surface area contributed by atoms with Crippen LogP contribution in [0.4, 0.5) is 0 Å². The average Bonchev–Trinajstić information content (AvgIpc) is 0.793. The number of hydrogen-bond acceptors (Lipinski definition) is 13. The van der Waals surface area contributed by atoms with Crippen molar-refractivity contribution < 1.29 is 64.6 Å². The molecular weight excluding hydrogens is 1230 g/mol. The molecule has 2 aliphatic heterocycles. The number of carbonyl (C=O) groups excluding carboxylic acids is 1. The zero-order valence-corrected chi connectivity index (χ0v) is 62.0. The van der Waals surface area contributed by atoms with Crippen LogP contribution in [-0.2, 0) is 23.7 Å². The number of amides is 1. The summed E-state index contributed by atoms with van der Waals surface area (Å²) in [5.41, 5.74) is 0. The van der Waals surface area contributed by atoms with E-state index in [9.17, 15) is 45.6 Å². The molecule has 0 aromatic carbocycles. The Labute approximate surface area is 597 Å². The van der Waals surface area contributed by atoms with Gasteiger partial charge in [-0.05, 0) is 89.9 Å². The van der Waals surface area contributed by atoms with Crippen LogP contribution in [-0.4, -0.2) is 140 Å². The molecule has 2 fully saturated rings. The number of unbranched alkanes of at least 4 members (excludes halogenated alkanes) is 37. The summed E-state index contributed by atoms with van der Waals surface area (Å²) in [6.07, 6.45) is 80.2. The SMILES string of the molecule is CC/C=C\C/C=C\C/C=C\C/C=C\C/C=C\C/C=C\C/C=C\CCCCCCCCCCCCCCCCCC(=O)NC(COC1OC(CO)C(OC2OC(CO)C(O)C(O)C2O)C(O)C1O)C(O)/C=C/CC/C=C/CCCCCCCCCCCCCCCCCCCCCCC. The van der Waals surface area contributed by atoms with Crippen molar-refractivity contribution in [3.05, 3.63) is 109 Å². The second-order valence-electron chi connectivity index (χ2n) is 27.8. The Hall–Kier alpha value is -3.35. The lowest BCUT2D eigenvalue weighted by Crippen LogP contribution is -2.65. The van der Waals surface area contributed by atoms with Crippen LogP contribution in [0.25, 0.3) is 0 Å². The molecule has 12 atom stereocenters. The Balaban J connectivity index is 1.63. The normalized spacial score (nSPS) is 22.6. The maximum absolute atomic E-state index is 13.4. The van der Waals surface area contributed by atoms with Gasteiger partial charge in [0.2, 0.25) is 5.91 Å². The molecule has 14 heteroatoms. The first kappa shape index (κ1) is 90.7. The molecule has 2 aliphatic rings. The van der Waals surface area contributed by atoms with E-state index in [1.807, 2.05) is 6.08 Å². The largest absolute Gasteiger partial charge is 0.394 e. The number of carbonyl (C=O) groups is 1. The number of aliphatic hydroxyl groups excluding tert-OH is 8. The van der Waals surface area contributed by atoms with Crippen LogP contribution >= 0.6 is 0 Å². The Kier molecular flexibility index (Phi) is 61.9. The van der Waals surface area contributed by atoms with Crippen molar-refractivity contribution in [3.8, 4) is 0 Å². The highest BCUT2D eigenvalue weighted by Gasteiger charge is 2.51. The van der Waals surface area contributed by atoms with Gasteiger partial charge in [-0.3, -0.25) is 4.79 Å². The van der Waals surface area contributed by atoms with Gasteiger partial charge >= 0.3 is 0 Å². The number of hydrogen-bond donors (Lipinski definition) is 9. The van der Waals surface area contributed by atoms with Gasteiger partial charge in [-0.1, -0.05) is 335 Å². The molecule has 0 spiro atoms. The molecule has 0 aromatic rings. The second kappa shape index (κ2) is 66.9. The Bertz CT molecular complexity index is 2070. The maximum Gasteiger partial charge on any atom is 0.220 e. The van der Waals surface area contributed by atoms with Crippen molar-refractivity contribution in [2.24, 2.45) is 0 Å². The van der Waals surface area contributed by atoms with Crippen molar-refractivity contribution >= 4 is 5.91 Å². The second-order valence-corrected chi connectivity index (χ2v) is 27.8. The Morgan fingerprint density at radius 3 is 1.12 bits per heavy atom. The number of nitrogens with one attached hydrogen (secondary N) is 1. The third-order valence-corrected chi connectivity index (χ3v) is 18.9. The van der Waals surface area contributed by atoms with E-state index in [4.69, 9.17) is 18.9 Å². The van der Waals surface area contributed by atoms with Gasteiger partial charge in [0.25, 0.3) is 0 Å². The number of rotatable bonds is 66. The highest BCUT2D eigenvalue weighted by molar-refractivity contribution is 5.76. The van der Waals surface area contributed by atoms with Gasteiger partial charge in [-0.2, -0.15) is 0 Å². The van der Waals surface area contributed by atoms with Gasteiger partial charge in [0.1, 0.15) is 48.8 Å². The fraction of sp³-hybridized carbons (Fsp3) is 0.774. The summed E-state index contributed by atoms with van der Waals surface area (Å²) >= 11 is 0. The van der Waals surface area contributed by atoms with Gasteiger partial charge in [0.15, 0.2) is 12.6 Å². The van der Waals surface area contributed by atoms with Crippen LogP contribution in [0, 0.1) is 0 Å². The standard InChI is InChI=1S/C84H147NO13/c1-3-5-7-9-11-13-15-17-19-21-23-25-27-29-31-32-33-34-35-36-37-38-39-40-42-44-46-48-50-52-54-56-58-60-62-64-66-68-76(89)85-72(71-95-83-81(94)79(92)82(75(70-87)97-83)98-84-80(93)78(91)77(90)74(69-86)96-84)73(88)67-65-63-61-59-57-55-53-51-49-47-45-43-41-30-28-26-24-22-20-18-16-14-12-10-8-6-4-2/h5,7,11,13,17,19,23,25,29,31,33-34,36-37,57,59,65,67,72-75,77-84,86-88,90-94H,3-4,6,8-10,12,14-16,18,20-22,24,26-28,30,32,35,38-56,58,60-64,66,68-71H2,1-2H3,(H,85,89)/b7-5-,13-11-,19-17-,25-23-,31-29-,34-33-,37-36-,59-57+,67-65+. The Morgan fingerprint density at radius 2 is 0.714 bits per heavy atom.